The molecule has 3 N–H and O–H groups in total. The number of H-pyrrole nitrogens is 1. The van der Waals surface area contributed by atoms with Gasteiger partial charge in [0.15, 0.2) is 15.5 Å². The molecule has 0 saturated carbocycles. The minimum absolute atomic E-state index is 0.126. The highest BCUT2D eigenvalue weighted by atomic mass is 35.5. The molecule has 2 aromatic rings. The van der Waals surface area contributed by atoms with Crippen LogP contribution in [0.3, 0.4) is 0 Å². The Morgan fingerprint density at radius 3 is 2.48 bits per heavy atom. The van der Waals surface area contributed by atoms with Gasteiger partial charge in [-0.3, -0.25) is 4.79 Å². The van der Waals surface area contributed by atoms with E-state index in [9.17, 15) is 23.1 Å². The van der Waals surface area contributed by atoms with Gasteiger partial charge in [-0.1, -0.05) is 23.2 Å². The maximum absolute atomic E-state index is 12.5. The van der Waals surface area contributed by atoms with Gasteiger partial charge in [-0.25, -0.2) is 13.2 Å². The first-order valence-electron chi connectivity index (χ1n) is 9.97. The van der Waals surface area contributed by atoms with Gasteiger partial charge < -0.3 is 25.0 Å². The van der Waals surface area contributed by atoms with Crippen molar-refractivity contribution in [3.05, 3.63) is 33.2 Å². The van der Waals surface area contributed by atoms with Crippen molar-refractivity contribution in [2.75, 3.05) is 36.6 Å². The van der Waals surface area contributed by atoms with Crippen LogP contribution in [-0.2, 0) is 9.84 Å². The van der Waals surface area contributed by atoms with Crippen LogP contribution >= 0.6 is 23.2 Å². The SMILES string of the molecule is Cc1[nH]c(C(=O)NC2CCN(c3cc(C(=O)O)nc(OCCS(C)(=O)=O)n3)CC2)c(Cl)c1Cl. The lowest BCUT2D eigenvalue weighted by Crippen LogP contribution is -2.45. The quantitative estimate of drug-likeness (QED) is 0.474. The number of halogens is 2. The maximum Gasteiger partial charge on any atom is 0.354 e. The minimum atomic E-state index is -3.25. The number of aromatic nitrogens is 3. The van der Waals surface area contributed by atoms with Gasteiger partial charge >= 0.3 is 12.0 Å². The summed E-state index contributed by atoms with van der Waals surface area (Å²) in [6, 6.07) is 0.991. The molecule has 14 heteroatoms. The highest BCUT2D eigenvalue weighted by Gasteiger charge is 2.26. The lowest BCUT2D eigenvalue weighted by Gasteiger charge is -2.33. The fourth-order valence-corrected chi connectivity index (χ4v) is 4.07. The van der Waals surface area contributed by atoms with E-state index in [-0.39, 0.29) is 46.7 Å². The molecule has 0 aliphatic carbocycles. The zero-order valence-corrected chi connectivity index (χ0v) is 20.2. The smallest absolute Gasteiger partial charge is 0.354 e. The second kappa shape index (κ2) is 10.1. The molecule has 3 heterocycles. The van der Waals surface area contributed by atoms with Crippen LogP contribution in [0.1, 0.15) is 39.5 Å². The van der Waals surface area contributed by atoms with E-state index in [0.29, 0.717) is 42.5 Å². The number of rotatable bonds is 8. The largest absolute Gasteiger partial charge is 0.477 e. The number of carboxylic acid groups (broad SMARTS) is 1. The summed E-state index contributed by atoms with van der Waals surface area (Å²) in [6.45, 7) is 2.50. The van der Waals surface area contributed by atoms with Gasteiger partial charge in [0, 0.05) is 37.1 Å². The second-order valence-corrected chi connectivity index (χ2v) is 10.7. The second-order valence-electron chi connectivity index (χ2n) is 7.67. The fraction of sp³-hybridized carbons (Fsp3) is 0.474. The Balaban J connectivity index is 1.64. The van der Waals surface area contributed by atoms with Crippen molar-refractivity contribution in [3.63, 3.8) is 0 Å². The third-order valence-electron chi connectivity index (χ3n) is 5.03. The summed E-state index contributed by atoms with van der Waals surface area (Å²) in [5, 5.41) is 12.8. The van der Waals surface area contributed by atoms with Gasteiger partial charge in [0.25, 0.3) is 5.91 Å². The van der Waals surface area contributed by atoms with Crippen molar-refractivity contribution >= 4 is 50.7 Å². The molecule has 0 spiro atoms. The maximum atomic E-state index is 12.5. The highest BCUT2D eigenvalue weighted by Crippen LogP contribution is 2.29. The van der Waals surface area contributed by atoms with E-state index in [1.54, 1.807) is 6.92 Å². The number of carboxylic acids is 1. The van der Waals surface area contributed by atoms with Crippen molar-refractivity contribution in [1.82, 2.24) is 20.3 Å². The van der Waals surface area contributed by atoms with Gasteiger partial charge in [-0.05, 0) is 19.8 Å². The number of carbonyl (C=O) groups excluding carboxylic acids is 1. The Hall–Kier alpha value is -2.57. The molecular weight excluding hydrogens is 497 g/mol. The molecule has 2 aromatic heterocycles. The number of piperidine rings is 1. The Morgan fingerprint density at radius 1 is 1.27 bits per heavy atom. The predicted molar refractivity (Wildman–Crippen MR) is 122 cm³/mol. The first-order chi connectivity index (χ1) is 15.4. The van der Waals surface area contributed by atoms with Crippen LogP contribution < -0.4 is 15.0 Å². The van der Waals surface area contributed by atoms with Gasteiger partial charge in [-0.2, -0.15) is 9.97 Å². The van der Waals surface area contributed by atoms with E-state index in [1.165, 1.54) is 6.07 Å². The molecule has 1 fully saturated rings. The van der Waals surface area contributed by atoms with Gasteiger partial charge in [-0.15, -0.1) is 0 Å². The van der Waals surface area contributed by atoms with Crippen molar-refractivity contribution < 1.29 is 27.9 Å². The van der Waals surface area contributed by atoms with Crippen LogP contribution in [0, 0.1) is 6.92 Å². The lowest BCUT2D eigenvalue weighted by molar-refractivity contribution is 0.0688. The molecule has 11 nitrogen and oxygen atoms in total. The van der Waals surface area contributed by atoms with Crippen molar-refractivity contribution in [1.29, 1.82) is 0 Å². The summed E-state index contributed by atoms with van der Waals surface area (Å²) in [5.74, 6) is -1.52. The van der Waals surface area contributed by atoms with Crippen LogP contribution in [0.25, 0.3) is 0 Å². The predicted octanol–water partition coefficient (Wildman–Crippen LogP) is 1.94. The molecule has 0 aromatic carbocycles. The Bertz CT molecular complexity index is 1160. The number of nitrogens with zero attached hydrogens (tertiary/aromatic N) is 3. The number of carbonyl (C=O) groups is 2. The van der Waals surface area contributed by atoms with E-state index in [1.807, 2.05) is 4.90 Å². The standard InChI is InChI=1S/C19H23Cl2N5O6S/c1-10-14(20)15(21)16(22-10)17(27)23-11-3-5-26(6-4-11)13-9-12(18(28)29)24-19(25-13)32-7-8-33(2,30)31/h9,11,22H,3-8H2,1-2H3,(H,23,27)(H,28,29). The van der Waals surface area contributed by atoms with Crippen molar-refractivity contribution in [2.45, 2.75) is 25.8 Å². The molecule has 1 amide bonds. The fourth-order valence-electron chi connectivity index (χ4n) is 3.27. The van der Waals surface area contributed by atoms with E-state index < -0.39 is 15.8 Å². The summed E-state index contributed by atoms with van der Waals surface area (Å²) in [4.78, 5) is 36.8. The van der Waals surface area contributed by atoms with Crippen LogP contribution in [0.2, 0.25) is 10.0 Å². The first kappa shape index (κ1) is 25.1. The Morgan fingerprint density at radius 2 is 1.94 bits per heavy atom. The molecule has 33 heavy (non-hydrogen) atoms. The third-order valence-corrected chi connectivity index (χ3v) is 6.89. The number of hydrogen-bond acceptors (Lipinski definition) is 8. The zero-order valence-electron chi connectivity index (χ0n) is 17.9. The van der Waals surface area contributed by atoms with E-state index in [4.69, 9.17) is 27.9 Å². The molecule has 0 unspecified atom stereocenters. The van der Waals surface area contributed by atoms with Crippen LogP contribution in [-0.4, -0.2) is 78.1 Å². The van der Waals surface area contributed by atoms with Crippen LogP contribution in [0.5, 0.6) is 6.01 Å². The summed E-state index contributed by atoms with van der Waals surface area (Å²) < 4.78 is 27.8. The molecule has 1 saturated heterocycles. The molecule has 0 atom stereocenters. The zero-order chi connectivity index (χ0) is 24.3. The third kappa shape index (κ3) is 6.49. The highest BCUT2D eigenvalue weighted by molar-refractivity contribution is 7.90. The summed E-state index contributed by atoms with van der Waals surface area (Å²) in [6.07, 6.45) is 2.22. The minimum Gasteiger partial charge on any atom is -0.477 e. The Labute approximate surface area is 200 Å². The number of amides is 1. The van der Waals surface area contributed by atoms with Gasteiger partial charge in [0.05, 0.1) is 15.8 Å². The molecule has 180 valence electrons. The normalized spacial score (nSPS) is 14.8. The number of anilines is 1. The van der Waals surface area contributed by atoms with Gasteiger partial charge in [0.1, 0.15) is 18.1 Å². The number of nitrogens with one attached hydrogen (secondary N) is 2. The summed E-state index contributed by atoms with van der Waals surface area (Å²) in [7, 11) is -3.25. The monoisotopic (exact) mass is 519 g/mol. The van der Waals surface area contributed by atoms with Gasteiger partial charge in [0.2, 0.25) is 0 Å². The van der Waals surface area contributed by atoms with E-state index in [2.05, 4.69) is 20.3 Å². The number of aromatic carboxylic acids is 1. The first-order valence-corrected chi connectivity index (χ1v) is 12.8. The molecule has 1 aliphatic rings. The number of hydrogen-bond donors (Lipinski definition) is 3. The number of aromatic amines is 1. The number of ether oxygens (including phenoxy) is 1. The lowest BCUT2D eigenvalue weighted by atomic mass is 10.0. The molecule has 0 radical (unpaired) electrons. The van der Waals surface area contributed by atoms with Crippen molar-refractivity contribution in [3.8, 4) is 6.01 Å². The average molecular weight is 520 g/mol. The number of aryl methyl sites for hydroxylation is 1. The molecule has 1 aliphatic heterocycles. The van der Waals surface area contributed by atoms with Crippen LogP contribution in [0.4, 0.5) is 5.82 Å². The van der Waals surface area contributed by atoms with Crippen LogP contribution in [0.15, 0.2) is 6.07 Å². The Kier molecular flexibility index (Phi) is 7.70. The number of sulfone groups is 1. The van der Waals surface area contributed by atoms with E-state index in [0.717, 1.165) is 6.26 Å². The molecule has 0 bridgehead atoms. The van der Waals surface area contributed by atoms with Crippen molar-refractivity contribution in [2.24, 2.45) is 0 Å². The molecule has 3 rings (SSSR count). The summed E-state index contributed by atoms with van der Waals surface area (Å²) >= 11 is 12.1. The average Bonchev–Trinajstić information content (AvgIpc) is 3.00. The topological polar surface area (TPSA) is 155 Å². The van der Waals surface area contributed by atoms with E-state index >= 15 is 0 Å². The summed E-state index contributed by atoms with van der Waals surface area (Å²) in [5.41, 5.74) is 0.548. The molecular formula is C19H23Cl2N5O6S.